The van der Waals surface area contributed by atoms with E-state index in [4.69, 9.17) is 15.2 Å². The summed E-state index contributed by atoms with van der Waals surface area (Å²) >= 11 is 2.54. The minimum absolute atomic E-state index is 0.161. The lowest BCUT2D eigenvalue weighted by molar-refractivity contribution is -0.160. The second-order valence-corrected chi connectivity index (χ2v) is 10.4. The monoisotopic (exact) mass is 486 g/mol. The van der Waals surface area contributed by atoms with Gasteiger partial charge >= 0.3 is 11.9 Å². The van der Waals surface area contributed by atoms with Gasteiger partial charge in [0.25, 0.3) is 11.8 Å². The molecule has 0 radical (unpaired) electrons. The number of unbranched alkanes of at least 4 members (excludes halogenated alkanes) is 1. The smallest absolute Gasteiger partial charge is 0.306 e. The summed E-state index contributed by atoms with van der Waals surface area (Å²) in [5.41, 5.74) is 4.19. The molecule has 1 aromatic rings. The number of amides is 2. The zero-order valence-corrected chi connectivity index (χ0v) is 21.1. The van der Waals surface area contributed by atoms with Crippen LogP contribution in [-0.4, -0.2) is 41.7 Å². The quantitative estimate of drug-likeness (QED) is 0.295. The minimum Gasteiger partial charge on any atom is -0.465 e. The third kappa shape index (κ3) is 9.60. The van der Waals surface area contributed by atoms with E-state index in [-0.39, 0.29) is 23.0 Å². The number of hydrogen-bond acceptors (Lipinski definition) is 8. The molecule has 0 aliphatic carbocycles. The zero-order valence-electron chi connectivity index (χ0n) is 19.4. The second kappa shape index (κ2) is 13.5. The highest BCUT2D eigenvalue weighted by atomic mass is 32.2. The third-order valence-corrected chi connectivity index (χ3v) is 6.98. The van der Waals surface area contributed by atoms with Gasteiger partial charge in [-0.05, 0) is 32.3 Å². The van der Waals surface area contributed by atoms with E-state index in [0.29, 0.717) is 18.3 Å². The Labute approximate surface area is 198 Å². The first-order valence-corrected chi connectivity index (χ1v) is 12.5. The number of hydrogen-bond donors (Lipinski definition) is 2. The number of ether oxygens (including phenoxy) is 2. The standard InChI is InChI=1S/C22H34N2O6S2/c1-6-8-9-15(7-2)13-29-17(26)10-11-31-18-12-16(19(23)27)20(32-18)24-21(28)22(4,5)30-14(3)25/h12,15H,6-11,13H2,1-5H3,(H2,23,27)(H,24,28). The number of carbonyl (C=O) groups is 4. The molecule has 0 bridgehead atoms. The number of carbonyl (C=O) groups excluding carboxylic acids is 4. The van der Waals surface area contributed by atoms with Crippen LogP contribution in [0.5, 0.6) is 0 Å². The van der Waals surface area contributed by atoms with Gasteiger partial charge in [-0.2, -0.15) is 0 Å². The van der Waals surface area contributed by atoms with Crippen LogP contribution >= 0.6 is 23.1 Å². The molecule has 0 spiro atoms. The Bertz CT molecular complexity index is 806. The molecule has 180 valence electrons. The van der Waals surface area contributed by atoms with Crippen LogP contribution in [0.1, 0.15) is 77.1 Å². The summed E-state index contributed by atoms with van der Waals surface area (Å²) in [6.07, 6.45) is 4.53. The topological polar surface area (TPSA) is 125 Å². The Morgan fingerprint density at radius 1 is 1.25 bits per heavy atom. The van der Waals surface area contributed by atoms with E-state index in [1.807, 2.05) is 0 Å². The average molecular weight is 487 g/mol. The Balaban J connectivity index is 2.64. The number of anilines is 1. The van der Waals surface area contributed by atoms with Crippen LogP contribution in [0, 0.1) is 5.92 Å². The summed E-state index contributed by atoms with van der Waals surface area (Å²) in [5.74, 6) is -1.25. The van der Waals surface area contributed by atoms with Gasteiger partial charge in [0.05, 0.1) is 22.8 Å². The molecule has 32 heavy (non-hydrogen) atoms. The Hall–Kier alpha value is -2.07. The number of thioether (sulfide) groups is 1. The predicted molar refractivity (Wildman–Crippen MR) is 127 cm³/mol. The molecule has 1 unspecified atom stereocenters. The molecule has 1 heterocycles. The molecule has 0 fully saturated rings. The highest BCUT2D eigenvalue weighted by molar-refractivity contribution is 8.01. The maximum Gasteiger partial charge on any atom is 0.306 e. The van der Waals surface area contributed by atoms with Crippen molar-refractivity contribution in [1.29, 1.82) is 0 Å². The first-order chi connectivity index (χ1) is 15.0. The van der Waals surface area contributed by atoms with Gasteiger partial charge in [0, 0.05) is 12.7 Å². The van der Waals surface area contributed by atoms with Crippen molar-refractivity contribution in [3.05, 3.63) is 11.6 Å². The van der Waals surface area contributed by atoms with Crippen LogP contribution in [0.2, 0.25) is 0 Å². The van der Waals surface area contributed by atoms with Crippen molar-refractivity contribution in [3.8, 4) is 0 Å². The summed E-state index contributed by atoms with van der Waals surface area (Å²) in [4.78, 5) is 47.5. The van der Waals surface area contributed by atoms with Crippen LogP contribution in [0.15, 0.2) is 10.3 Å². The Kier molecular flexibility index (Phi) is 11.8. The first-order valence-electron chi connectivity index (χ1n) is 10.7. The van der Waals surface area contributed by atoms with E-state index in [9.17, 15) is 19.2 Å². The zero-order chi connectivity index (χ0) is 24.3. The Morgan fingerprint density at radius 2 is 1.94 bits per heavy atom. The molecule has 1 atom stereocenters. The van der Waals surface area contributed by atoms with Crippen molar-refractivity contribution >= 4 is 51.9 Å². The highest BCUT2D eigenvalue weighted by Crippen LogP contribution is 2.35. The van der Waals surface area contributed by atoms with Gasteiger partial charge in [-0.25, -0.2) is 0 Å². The van der Waals surface area contributed by atoms with Crippen LogP contribution in [0.25, 0.3) is 0 Å². The summed E-state index contributed by atoms with van der Waals surface area (Å²) in [6.45, 7) is 8.80. The number of primary amides is 1. The molecule has 1 rings (SSSR count). The lowest BCUT2D eigenvalue weighted by Crippen LogP contribution is -2.41. The van der Waals surface area contributed by atoms with E-state index in [1.54, 1.807) is 6.07 Å². The lowest BCUT2D eigenvalue weighted by atomic mass is 10.0. The summed E-state index contributed by atoms with van der Waals surface area (Å²) < 4.78 is 11.1. The fraction of sp³-hybridized carbons (Fsp3) is 0.636. The molecule has 0 aliphatic heterocycles. The van der Waals surface area contributed by atoms with Crippen LogP contribution in [0.4, 0.5) is 5.00 Å². The van der Waals surface area contributed by atoms with Crippen molar-refractivity contribution < 1.29 is 28.7 Å². The second-order valence-electron chi connectivity index (χ2n) is 7.93. The molecule has 2 amide bonds. The molecular formula is C22H34N2O6S2. The van der Waals surface area contributed by atoms with Crippen molar-refractivity contribution in [2.45, 2.75) is 76.5 Å². The van der Waals surface area contributed by atoms with E-state index in [2.05, 4.69) is 19.2 Å². The van der Waals surface area contributed by atoms with Crippen molar-refractivity contribution in [2.75, 3.05) is 17.7 Å². The average Bonchev–Trinajstić information content (AvgIpc) is 3.10. The number of esters is 2. The van der Waals surface area contributed by atoms with Crippen molar-refractivity contribution in [3.63, 3.8) is 0 Å². The molecule has 1 aromatic heterocycles. The molecule has 0 aromatic carbocycles. The van der Waals surface area contributed by atoms with Crippen LogP contribution in [-0.2, 0) is 23.9 Å². The van der Waals surface area contributed by atoms with E-state index in [0.717, 1.165) is 29.9 Å². The summed E-state index contributed by atoms with van der Waals surface area (Å²) in [5, 5.41) is 2.88. The number of thiophene rings is 1. The lowest BCUT2D eigenvalue weighted by Gasteiger charge is -2.22. The van der Waals surface area contributed by atoms with Gasteiger partial charge in [0.1, 0.15) is 5.00 Å². The maximum absolute atomic E-state index is 12.5. The highest BCUT2D eigenvalue weighted by Gasteiger charge is 2.32. The fourth-order valence-electron chi connectivity index (χ4n) is 2.79. The predicted octanol–water partition coefficient (Wildman–Crippen LogP) is 4.37. The molecule has 10 heteroatoms. The SMILES string of the molecule is CCCCC(CC)COC(=O)CCSc1cc(C(N)=O)c(NC(=O)C(C)(C)OC(C)=O)s1. The minimum atomic E-state index is -1.41. The van der Waals surface area contributed by atoms with Crippen molar-refractivity contribution in [1.82, 2.24) is 0 Å². The fourth-order valence-corrected chi connectivity index (χ4v) is 4.99. The van der Waals surface area contributed by atoms with Gasteiger partial charge in [0.15, 0.2) is 5.60 Å². The summed E-state index contributed by atoms with van der Waals surface area (Å²) in [7, 11) is 0. The largest absolute Gasteiger partial charge is 0.465 e. The number of nitrogens with two attached hydrogens (primary N) is 1. The summed E-state index contributed by atoms with van der Waals surface area (Å²) in [6, 6.07) is 1.58. The molecule has 0 saturated heterocycles. The number of nitrogens with one attached hydrogen (secondary N) is 1. The van der Waals surface area contributed by atoms with E-state index >= 15 is 0 Å². The van der Waals surface area contributed by atoms with Gasteiger partial charge < -0.3 is 20.5 Å². The van der Waals surface area contributed by atoms with Crippen LogP contribution in [0.3, 0.4) is 0 Å². The van der Waals surface area contributed by atoms with E-state index in [1.165, 1.54) is 43.9 Å². The normalized spacial score (nSPS) is 12.2. The van der Waals surface area contributed by atoms with Gasteiger partial charge in [-0.15, -0.1) is 23.1 Å². The maximum atomic E-state index is 12.5. The van der Waals surface area contributed by atoms with Gasteiger partial charge in [-0.1, -0.05) is 33.1 Å². The third-order valence-electron chi connectivity index (χ3n) is 4.72. The van der Waals surface area contributed by atoms with Gasteiger partial charge in [-0.3, -0.25) is 19.2 Å². The molecule has 8 nitrogen and oxygen atoms in total. The Morgan fingerprint density at radius 3 is 2.50 bits per heavy atom. The molecule has 0 saturated carbocycles. The molecule has 3 N–H and O–H groups in total. The first kappa shape index (κ1) is 28.0. The van der Waals surface area contributed by atoms with Crippen molar-refractivity contribution in [2.24, 2.45) is 11.7 Å². The number of rotatable bonds is 14. The van der Waals surface area contributed by atoms with Gasteiger partial charge in [0.2, 0.25) is 0 Å². The van der Waals surface area contributed by atoms with E-state index < -0.39 is 23.4 Å². The van der Waals surface area contributed by atoms with Crippen LogP contribution < -0.4 is 11.1 Å². The molecule has 0 aliphatic rings. The molecular weight excluding hydrogens is 452 g/mol.